The number of alkyl halides is 3. The van der Waals surface area contributed by atoms with Crippen molar-refractivity contribution in [2.75, 3.05) is 0 Å². The van der Waals surface area contributed by atoms with E-state index in [-0.39, 0.29) is 12.5 Å². The largest absolute Gasteiger partial charge is 0.389 e. The van der Waals surface area contributed by atoms with E-state index in [1.54, 1.807) is 0 Å². The summed E-state index contributed by atoms with van der Waals surface area (Å²) in [7, 11) is 0. The van der Waals surface area contributed by atoms with Gasteiger partial charge < -0.3 is 5.73 Å². The van der Waals surface area contributed by atoms with Gasteiger partial charge in [-0.2, -0.15) is 13.2 Å². The summed E-state index contributed by atoms with van der Waals surface area (Å²) in [4.78, 5) is 0. The first-order valence-corrected chi connectivity index (χ1v) is 5.75. The van der Waals surface area contributed by atoms with Crippen LogP contribution >= 0.6 is 0 Å². The predicted molar refractivity (Wildman–Crippen MR) is 62.8 cm³/mol. The Hall–Kier alpha value is -1.03. The van der Waals surface area contributed by atoms with Crippen LogP contribution in [0.1, 0.15) is 30.4 Å². The van der Waals surface area contributed by atoms with Gasteiger partial charge in [0.1, 0.15) is 0 Å². The van der Waals surface area contributed by atoms with Crippen molar-refractivity contribution in [3.63, 3.8) is 0 Å². The standard InChI is InChI=1S/C13H18F3N/c1-10-5-2-3-6-11(10)9-12(17)7-4-8-13(14,15)16/h2-3,5-6,12H,4,7-9,17H2,1H3. The molecule has 0 aromatic heterocycles. The molecule has 1 aromatic carbocycles. The van der Waals surface area contributed by atoms with Crippen molar-refractivity contribution in [2.45, 2.75) is 44.8 Å². The van der Waals surface area contributed by atoms with Gasteiger partial charge in [-0.3, -0.25) is 0 Å². The van der Waals surface area contributed by atoms with Gasteiger partial charge in [0.2, 0.25) is 0 Å². The summed E-state index contributed by atoms with van der Waals surface area (Å²) >= 11 is 0. The minimum Gasteiger partial charge on any atom is -0.327 e. The Morgan fingerprint density at radius 2 is 1.88 bits per heavy atom. The van der Waals surface area contributed by atoms with Crippen molar-refractivity contribution in [3.05, 3.63) is 35.4 Å². The Morgan fingerprint density at radius 3 is 2.47 bits per heavy atom. The molecule has 0 aliphatic heterocycles. The maximum Gasteiger partial charge on any atom is 0.389 e. The zero-order valence-corrected chi connectivity index (χ0v) is 9.93. The molecule has 0 fully saturated rings. The van der Waals surface area contributed by atoms with Crippen molar-refractivity contribution >= 4 is 0 Å². The molecule has 0 aliphatic rings. The lowest BCUT2D eigenvalue weighted by Crippen LogP contribution is -2.23. The van der Waals surface area contributed by atoms with E-state index in [1.165, 1.54) is 0 Å². The summed E-state index contributed by atoms with van der Waals surface area (Å²) in [6, 6.07) is 7.62. The Morgan fingerprint density at radius 1 is 1.24 bits per heavy atom. The topological polar surface area (TPSA) is 26.0 Å². The minimum atomic E-state index is -4.07. The zero-order chi connectivity index (χ0) is 12.9. The summed E-state index contributed by atoms with van der Waals surface area (Å²) in [5.74, 6) is 0. The van der Waals surface area contributed by atoms with Crippen molar-refractivity contribution in [3.8, 4) is 0 Å². The third-order valence-electron chi connectivity index (χ3n) is 2.78. The lowest BCUT2D eigenvalue weighted by Gasteiger charge is -2.14. The molecule has 96 valence electrons. The van der Waals surface area contributed by atoms with E-state index < -0.39 is 12.6 Å². The molecule has 0 saturated heterocycles. The van der Waals surface area contributed by atoms with Crippen LogP contribution in [0.15, 0.2) is 24.3 Å². The van der Waals surface area contributed by atoms with Crippen molar-refractivity contribution in [2.24, 2.45) is 5.73 Å². The number of aryl methyl sites for hydroxylation is 1. The van der Waals surface area contributed by atoms with Gasteiger partial charge in [-0.15, -0.1) is 0 Å². The SMILES string of the molecule is Cc1ccccc1CC(N)CCCC(F)(F)F. The quantitative estimate of drug-likeness (QED) is 0.842. The zero-order valence-electron chi connectivity index (χ0n) is 9.93. The molecule has 1 aromatic rings. The second-order valence-electron chi connectivity index (χ2n) is 4.40. The first-order valence-electron chi connectivity index (χ1n) is 5.75. The van der Waals surface area contributed by atoms with Crippen molar-refractivity contribution in [1.82, 2.24) is 0 Å². The molecule has 1 unspecified atom stereocenters. The molecule has 0 bridgehead atoms. The molecule has 0 saturated carbocycles. The second kappa shape index (κ2) is 6.05. The smallest absolute Gasteiger partial charge is 0.327 e. The van der Waals surface area contributed by atoms with E-state index in [0.717, 1.165) is 11.1 Å². The summed E-state index contributed by atoms with van der Waals surface area (Å²) in [5.41, 5.74) is 8.09. The van der Waals surface area contributed by atoms with E-state index >= 15 is 0 Å². The number of nitrogens with two attached hydrogens (primary N) is 1. The van der Waals surface area contributed by atoms with E-state index in [2.05, 4.69) is 0 Å². The highest BCUT2D eigenvalue weighted by Crippen LogP contribution is 2.23. The van der Waals surface area contributed by atoms with Crippen LogP contribution < -0.4 is 5.73 Å². The average Bonchev–Trinajstić information content (AvgIpc) is 2.19. The molecule has 1 atom stereocenters. The predicted octanol–water partition coefficient (Wildman–Crippen LogP) is 3.60. The Kier molecular flexibility index (Phi) is 5.00. The van der Waals surface area contributed by atoms with E-state index in [0.29, 0.717) is 12.8 Å². The summed E-state index contributed by atoms with van der Waals surface area (Å²) in [6.07, 6.45) is -3.65. The number of rotatable bonds is 5. The number of halogens is 3. The highest BCUT2D eigenvalue weighted by atomic mass is 19.4. The number of hydrogen-bond acceptors (Lipinski definition) is 1. The molecular weight excluding hydrogens is 227 g/mol. The molecule has 0 heterocycles. The summed E-state index contributed by atoms with van der Waals surface area (Å²) in [5, 5.41) is 0. The molecule has 0 spiro atoms. The van der Waals surface area contributed by atoms with Gasteiger partial charge in [-0.1, -0.05) is 24.3 Å². The van der Waals surface area contributed by atoms with Gasteiger partial charge in [0, 0.05) is 12.5 Å². The van der Waals surface area contributed by atoms with Crippen LogP contribution in [0.4, 0.5) is 13.2 Å². The van der Waals surface area contributed by atoms with Gasteiger partial charge >= 0.3 is 6.18 Å². The molecule has 1 rings (SSSR count). The van der Waals surface area contributed by atoms with E-state index in [1.807, 2.05) is 31.2 Å². The number of hydrogen-bond donors (Lipinski definition) is 1. The molecule has 2 N–H and O–H groups in total. The maximum absolute atomic E-state index is 12.0. The van der Waals surface area contributed by atoms with Gasteiger partial charge in [-0.05, 0) is 37.3 Å². The first kappa shape index (κ1) is 14.0. The third-order valence-corrected chi connectivity index (χ3v) is 2.78. The molecule has 0 amide bonds. The normalized spacial score (nSPS) is 13.7. The first-order chi connectivity index (χ1) is 7.88. The van der Waals surface area contributed by atoms with Crippen molar-refractivity contribution < 1.29 is 13.2 Å². The van der Waals surface area contributed by atoms with Gasteiger partial charge in [0.05, 0.1) is 0 Å². The maximum atomic E-state index is 12.0. The molecular formula is C13H18F3N. The highest BCUT2D eigenvalue weighted by molar-refractivity contribution is 5.26. The van der Waals surface area contributed by atoms with E-state index in [9.17, 15) is 13.2 Å². The summed E-state index contributed by atoms with van der Waals surface area (Å²) < 4.78 is 35.9. The monoisotopic (exact) mass is 245 g/mol. The van der Waals surface area contributed by atoms with Crippen LogP contribution in [0.3, 0.4) is 0 Å². The lowest BCUT2D eigenvalue weighted by molar-refractivity contribution is -0.135. The van der Waals surface area contributed by atoms with Crippen molar-refractivity contribution in [1.29, 1.82) is 0 Å². The fraction of sp³-hybridized carbons (Fsp3) is 0.538. The summed E-state index contributed by atoms with van der Waals surface area (Å²) in [6.45, 7) is 1.98. The minimum absolute atomic E-state index is 0.108. The van der Waals surface area contributed by atoms with Crippen LogP contribution in [-0.2, 0) is 6.42 Å². The molecule has 4 heteroatoms. The molecule has 17 heavy (non-hydrogen) atoms. The molecule has 1 nitrogen and oxygen atoms in total. The van der Waals surface area contributed by atoms with Crippen LogP contribution in [0.2, 0.25) is 0 Å². The van der Waals surface area contributed by atoms with Crippen LogP contribution in [0.25, 0.3) is 0 Å². The third kappa shape index (κ3) is 5.73. The average molecular weight is 245 g/mol. The molecule has 0 radical (unpaired) electrons. The second-order valence-corrected chi connectivity index (χ2v) is 4.40. The Labute approximate surface area is 99.8 Å². The highest BCUT2D eigenvalue weighted by Gasteiger charge is 2.26. The van der Waals surface area contributed by atoms with Crippen LogP contribution in [0, 0.1) is 6.92 Å². The van der Waals surface area contributed by atoms with Crippen LogP contribution in [0.5, 0.6) is 0 Å². The van der Waals surface area contributed by atoms with Gasteiger partial charge in [-0.25, -0.2) is 0 Å². The van der Waals surface area contributed by atoms with E-state index in [4.69, 9.17) is 5.73 Å². The fourth-order valence-electron chi connectivity index (χ4n) is 1.79. The Balaban J connectivity index is 2.35. The number of benzene rings is 1. The fourth-order valence-corrected chi connectivity index (χ4v) is 1.79. The Bertz CT molecular complexity index is 347. The van der Waals surface area contributed by atoms with Gasteiger partial charge in [0.25, 0.3) is 0 Å². The molecule has 0 aliphatic carbocycles. The van der Waals surface area contributed by atoms with Gasteiger partial charge in [0.15, 0.2) is 0 Å². The van der Waals surface area contributed by atoms with Crippen LogP contribution in [-0.4, -0.2) is 12.2 Å². The lowest BCUT2D eigenvalue weighted by atomic mass is 9.98.